The first-order valence-corrected chi connectivity index (χ1v) is 6.08. The fourth-order valence-corrected chi connectivity index (χ4v) is 3.21. The Morgan fingerprint density at radius 1 is 1.27 bits per heavy atom. The van der Waals surface area contributed by atoms with Gasteiger partial charge in [0, 0.05) is 23.7 Å². The molecule has 3 rings (SSSR count). The molecule has 3 unspecified atom stereocenters. The van der Waals surface area contributed by atoms with Crippen molar-refractivity contribution < 1.29 is 0 Å². The van der Waals surface area contributed by atoms with Gasteiger partial charge >= 0.3 is 0 Å². The lowest BCUT2D eigenvalue weighted by molar-refractivity contribution is 0.288. The number of piperidine rings is 1. The second-order valence-electron chi connectivity index (χ2n) is 4.92. The summed E-state index contributed by atoms with van der Waals surface area (Å²) in [5.74, 6) is 0.493. The maximum absolute atomic E-state index is 8.30. The number of allylic oxidation sites excluding steroid dienone is 2. The van der Waals surface area contributed by atoms with E-state index in [0.29, 0.717) is 18.0 Å². The predicted molar refractivity (Wildman–Crippen MR) is 62.2 cm³/mol. The van der Waals surface area contributed by atoms with Crippen LogP contribution in [0, 0.1) is 11.3 Å². The van der Waals surface area contributed by atoms with Gasteiger partial charge in [0.25, 0.3) is 0 Å². The first-order chi connectivity index (χ1) is 7.36. The van der Waals surface area contributed by atoms with E-state index in [1.165, 1.54) is 31.3 Å². The molecule has 2 aliphatic carbocycles. The summed E-state index contributed by atoms with van der Waals surface area (Å²) >= 11 is 0. The van der Waals surface area contributed by atoms with Gasteiger partial charge in [0.15, 0.2) is 0 Å². The second kappa shape index (κ2) is 3.60. The molecule has 1 saturated carbocycles. The van der Waals surface area contributed by atoms with Crippen LogP contribution in [0.5, 0.6) is 0 Å². The molecule has 0 aromatic rings. The van der Waals surface area contributed by atoms with Gasteiger partial charge in [-0.2, -0.15) is 0 Å². The van der Waals surface area contributed by atoms with E-state index in [1.54, 1.807) is 0 Å². The van der Waals surface area contributed by atoms with Crippen LogP contribution in [-0.4, -0.2) is 17.8 Å². The Kier molecular flexibility index (Phi) is 2.24. The zero-order chi connectivity index (χ0) is 10.3. The normalized spacial score (nSPS) is 39.3. The molecule has 0 aromatic heterocycles. The molecule has 15 heavy (non-hydrogen) atoms. The molecule has 1 aliphatic heterocycles. The van der Waals surface area contributed by atoms with Crippen LogP contribution in [0.2, 0.25) is 0 Å². The summed E-state index contributed by atoms with van der Waals surface area (Å²) in [7, 11) is 0. The average Bonchev–Trinajstić information content (AvgIpc) is 2.30. The number of hydrogen-bond acceptors (Lipinski definition) is 2. The smallest absolute Gasteiger partial charge is 0.0408 e. The average molecular weight is 202 g/mol. The maximum Gasteiger partial charge on any atom is 0.0408 e. The number of rotatable bonds is 0. The van der Waals surface area contributed by atoms with Gasteiger partial charge in [0.05, 0.1) is 0 Å². The summed E-state index contributed by atoms with van der Waals surface area (Å²) in [5, 5.41) is 12.0. The fraction of sp³-hybridized carbons (Fsp3) is 0.615. The molecule has 0 amide bonds. The van der Waals surface area contributed by atoms with Crippen molar-refractivity contribution in [1.29, 1.82) is 5.41 Å². The minimum atomic E-state index is 0.432. The van der Waals surface area contributed by atoms with E-state index >= 15 is 0 Å². The largest absolute Gasteiger partial charge is 0.306 e. The Hall–Kier alpha value is -0.890. The van der Waals surface area contributed by atoms with Crippen LogP contribution in [0.25, 0.3) is 0 Å². The molecule has 80 valence electrons. The van der Waals surface area contributed by atoms with Gasteiger partial charge in [-0.3, -0.25) is 0 Å². The third kappa shape index (κ3) is 1.48. The van der Waals surface area contributed by atoms with Crippen molar-refractivity contribution in [2.45, 2.75) is 44.2 Å². The van der Waals surface area contributed by atoms with Gasteiger partial charge in [-0.25, -0.2) is 0 Å². The minimum Gasteiger partial charge on any atom is -0.306 e. The van der Waals surface area contributed by atoms with Gasteiger partial charge in [-0.05, 0) is 24.8 Å². The van der Waals surface area contributed by atoms with Crippen molar-refractivity contribution in [3.05, 3.63) is 23.8 Å². The first-order valence-electron chi connectivity index (χ1n) is 6.08. The molecule has 0 spiro atoms. The molecule has 0 bridgehead atoms. The van der Waals surface area contributed by atoms with E-state index < -0.39 is 0 Å². The standard InChI is InChI=1S/C13H18N2/c14-13-9-5-1-3-7-11(9)15-12-8-4-2-6-10(12)13/h1,3,5,10-12,14-15H,2,4,6-8H2. The van der Waals surface area contributed by atoms with Crippen LogP contribution in [0.1, 0.15) is 32.1 Å². The lowest BCUT2D eigenvalue weighted by atomic mass is 9.73. The molecule has 0 aromatic carbocycles. The topological polar surface area (TPSA) is 35.9 Å². The summed E-state index contributed by atoms with van der Waals surface area (Å²) in [6.45, 7) is 0. The van der Waals surface area contributed by atoms with Gasteiger partial charge in [0.2, 0.25) is 0 Å². The summed E-state index contributed by atoms with van der Waals surface area (Å²) in [4.78, 5) is 0. The Morgan fingerprint density at radius 2 is 2.13 bits per heavy atom. The summed E-state index contributed by atoms with van der Waals surface area (Å²) in [6.07, 6.45) is 12.6. The lowest BCUT2D eigenvalue weighted by Crippen LogP contribution is -2.54. The summed E-state index contributed by atoms with van der Waals surface area (Å²) < 4.78 is 0. The zero-order valence-corrected chi connectivity index (χ0v) is 9.00. The quantitative estimate of drug-likeness (QED) is 0.622. The van der Waals surface area contributed by atoms with Crippen molar-refractivity contribution in [1.82, 2.24) is 5.32 Å². The lowest BCUT2D eigenvalue weighted by Gasteiger charge is -2.43. The van der Waals surface area contributed by atoms with Gasteiger partial charge in [-0.1, -0.05) is 31.1 Å². The molecule has 2 fully saturated rings. The molecular formula is C13H18N2. The van der Waals surface area contributed by atoms with Crippen molar-refractivity contribution in [2.24, 2.45) is 5.92 Å². The van der Waals surface area contributed by atoms with Gasteiger partial charge < -0.3 is 10.7 Å². The predicted octanol–water partition coefficient (Wildman–Crippen LogP) is 2.42. The first kappa shape index (κ1) is 9.34. The van der Waals surface area contributed by atoms with E-state index in [1.807, 2.05) is 0 Å². The molecule has 3 aliphatic rings. The number of fused-ring (bicyclic) bond motifs is 2. The molecule has 2 N–H and O–H groups in total. The van der Waals surface area contributed by atoms with Crippen LogP contribution in [0.3, 0.4) is 0 Å². The van der Waals surface area contributed by atoms with Gasteiger partial charge in [-0.15, -0.1) is 0 Å². The molecule has 2 nitrogen and oxygen atoms in total. The maximum atomic E-state index is 8.30. The van der Waals surface area contributed by atoms with Crippen LogP contribution in [0.4, 0.5) is 0 Å². The highest BCUT2D eigenvalue weighted by Gasteiger charge is 2.38. The van der Waals surface area contributed by atoms with E-state index in [4.69, 9.17) is 5.41 Å². The Labute approximate surface area is 91.0 Å². The van der Waals surface area contributed by atoms with Crippen molar-refractivity contribution in [2.75, 3.05) is 0 Å². The van der Waals surface area contributed by atoms with E-state index in [-0.39, 0.29) is 0 Å². The molecule has 1 heterocycles. The Bertz CT molecular complexity index is 340. The Morgan fingerprint density at radius 3 is 3.07 bits per heavy atom. The zero-order valence-electron chi connectivity index (χ0n) is 9.00. The molecule has 0 radical (unpaired) electrons. The van der Waals surface area contributed by atoms with Crippen molar-refractivity contribution in [3.8, 4) is 0 Å². The van der Waals surface area contributed by atoms with Crippen LogP contribution < -0.4 is 5.32 Å². The van der Waals surface area contributed by atoms with Crippen molar-refractivity contribution in [3.63, 3.8) is 0 Å². The third-order valence-electron chi connectivity index (χ3n) is 4.02. The van der Waals surface area contributed by atoms with E-state index in [0.717, 1.165) is 12.1 Å². The number of nitrogens with one attached hydrogen (secondary N) is 2. The number of hydrogen-bond donors (Lipinski definition) is 2. The molecular weight excluding hydrogens is 184 g/mol. The minimum absolute atomic E-state index is 0.432. The van der Waals surface area contributed by atoms with Crippen LogP contribution in [-0.2, 0) is 0 Å². The fourth-order valence-electron chi connectivity index (χ4n) is 3.21. The van der Waals surface area contributed by atoms with Crippen molar-refractivity contribution >= 4 is 5.71 Å². The Balaban J connectivity index is 1.90. The summed E-state index contributed by atoms with van der Waals surface area (Å²) in [5.41, 5.74) is 2.17. The highest BCUT2D eigenvalue weighted by molar-refractivity contribution is 6.02. The monoisotopic (exact) mass is 202 g/mol. The van der Waals surface area contributed by atoms with Gasteiger partial charge in [0.1, 0.15) is 0 Å². The molecule has 2 heteroatoms. The van der Waals surface area contributed by atoms with E-state index in [2.05, 4.69) is 23.5 Å². The third-order valence-corrected chi connectivity index (χ3v) is 4.02. The van der Waals surface area contributed by atoms with E-state index in [9.17, 15) is 0 Å². The van der Waals surface area contributed by atoms with Crippen LogP contribution >= 0.6 is 0 Å². The highest BCUT2D eigenvalue weighted by atomic mass is 15.0. The highest BCUT2D eigenvalue weighted by Crippen LogP contribution is 2.34. The SMILES string of the molecule is N=C1C2=CC=CCC2NC2CCCCC12. The summed E-state index contributed by atoms with van der Waals surface area (Å²) in [6, 6.07) is 1.02. The second-order valence-corrected chi connectivity index (χ2v) is 4.92. The molecule has 3 atom stereocenters. The van der Waals surface area contributed by atoms with Crippen LogP contribution in [0.15, 0.2) is 23.8 Å². The molecule has 1 saturated heterocycles.